The van der Waals surface area contributed by atoms with Crippen molar-refractivity contribution in [2.45, 2.75) is 230 Å². The summed E-state index contributed by atoms with van der Waals surface area (Å²) in [5, 5.41) is 9.75. The van der Waals surface area contributed by atoms with Gasteiger partial charge in [-0.05, 0) is 269 Å². The second kappa shape index (κ2) is 40.8. The number of nitrogens with one attached hydrogen (secondary N) is 3. The lowest BCUT2D eigenvalue weighted by Gasteiger charge is -2.36. The van der Waals surface area contributed by atoms with Gasteiger partial charge in [0.1, 0.15) is 64.5 Å². The standard InChI is InChI=1S/C62H66FN7O7.C54H59F2N7O8/c1-4-67(5-2)58(38-11-7-6-8-12-38)60(72)69-51-29-43(51)30-52(69)48-27-44(34-65-48)39-17-18-49-42(25-39)31-53-56-46(63)26-41(33-55(56)77-61(70(49)53)40-16-15-36-13-10-22-76-54(36)32-40)45-28-47(64-35-45)50-14-9-21-68(50)59(71)57(66-62(73)74-3)37-19-23-75-24-20-37;1-29(2)47(59-52(66)68-5)49(64)61-17-7-11-41(61)39-23-36(28-58-39)33-21-37(55)46-43-24-34-20-31(15-16-40(34)63(43)51(71-45(46)26-33)32-14-13-30-10-9-19-70-44(30)25-32)35-22-38(57-27-35)42-12-8-18-62(42)50(65)48(54(3,4)56)60-53(67)69-6/h6-8,11-12,15-18,25-26,31-35,37,43,50-52,57-58,61H,4-5,9-10,13-14,19-24,27-30H2,1-3H3,(H,66,73);13-16,20-21,24-29,41-42,47-48,51H,7-12,17-19,22-23H2,1-6H3,(H,59,66)(H,60,67)/t43-,50+,51-,52+,57+,58-,61?;41-,42-,47-,48?,51?/m10/s1. The van der Waals surface area contributed by atoms with Crippen LogP contribution < -0.4 is 34.9 Å². The fourth-order valence-electron chi connectivity index (χ4n) is 24.7. The molecule has 14 aliphatic rings. The summed E-state index contributed by atoms with van der Waals surface area (Å²) >= 11 is 0. The van der Waals surface area contributed by atoms with Crippen LogP contribution in [0.25, 0.3) is 66.6 Å². The molecule has 7 aromatic carbocycles. The quantitative estimate of drug-likeness (QED) is 0.0474. The lowest BCUT2D eigenvalue weighted by molar-refractivity contribution is -0.138. The number of rotatable bonds is 24. The SMILES string of the molecule is CCN(CC)[C@@H](C(=O)N1[C@@H]2C[C@@H]2C[C@H]1C1=NC=C(c2ccc3c(c2)cc2n3C(c3ccc4c(c3)OCCC4)Oc3cc(C4=CN=C([C@@H]5CCCN5C(=O)[C@@H](NC(=O)OC)C5CCOCC5)C4)cc(F)c3-2)C1)c1ccccc1.COC(=O)NC(C(=O)N1CCC[C@H]1C1=NC=C(c2ccc3c(c2)cc2n3C(c3ccc4c(c3)OCCC4)Oc3cc(C4=CN=C([C@@H]5CCCN5C(=O)[C@@H](NC(=O)OC)C(C)C)C4)cc(F)c3-2)C1)C(C)(C)F. The van der Waals surface area contributed by atoms with Crippen molar-refractivity contribution in [1.29, 1.82) is 0 Å². The molecule has 6 fully saturated rings. The summed E-state index contributed by atoms with van der Waals surface area (Å²) in [7, 11) is 3.75. The number of fused-ring (bicyclic) bond motifs is 13. The van der Waals surface area contributed by atoms with Crippen LogP contribution in [0.2, 0.25) is 0 Å². The number of likely N-dealkylation sites (tertiary alicyclic amines) is 4. The van der Waals surface area contributed by atoms with Crippen LogP contribution in [0.5, 0.6) is 23.0 Å². The maximum atomic E-state index is 17.2. The third-order valence-corrected chi connectivity index (χ3v) is 32.5. The topological polar surface area (TPSA) is 305 Å². The van der Waals surface area contributed by atoms with Crippen molar-refractivity contribution in [3.8, 4) is 45.5 Å². The van der Waals surface area contributed by atoms with E-state index in [0.717, 1.165) is 195 Å². The summed E-state index contributed by atoms with van der Waals surface area (Å²) in [6, 6.07) is 42.2. The highest BCUT2D eigenvalue weighted by Crippen LogP contribution is 2.55. The molecule has 15 heterocycles. The van der Waals surface area contributed by atoms with E-state index in [-0.39, 0.29) is 65.8 Å². The van der Waals surface area contributed by atoms with Gasteiger partial charge >= 0.3 is 18.3 Å². The van der Waals surface area contributed by atoms with Crippen molar-refractivity contribution in [2.75, 3.05) is 80.5 Å². The number of alkyl carbamates (subject to hydrolysis) is 3. The molecule has 0 radical (unpaired) electrons. The fraction of sp³-hybridized carbons (Fsp3) is 0.440. The number of aryl methyl sites for hydroxylation is 2. The van der Waals surface area contributed by atoms with Gasteiger partial charge in [0.05, 0.1) is 92.3 Å². The van der Waals surface area contributed by atoms with Gasteiger partial charge in [-0.15, -0.1) is 0 Å². The molecule has 0 bridgehead atoms. The van der Waals surface area contributed by atoms with E-state index < -0.39 is 72.1 Å². The highest BCUT2D eigenvalue weighted by Gasteiger charge is 2.57. The summed E-state index contributed by atoms with van der Waals surface area (Å²) in [6.45, 7) is 15.9. The Bertz CT molecular complexity index is 7100. The lowest BCUT2D eigenvalue weighted by atomic mass is 9.90. The molecule has 770 valence electrons. The number of aliphatic imine (C=N–C) groups is 4. The van der Waals surface area contributed by atoms with Gasteiger partial charge in [0.2, 0.25) is 36.1 Å². The van der Waals surface area contributed by atoms with E-state index in [4.69, 9.17) is 57.9 Å². The van der Waals surface area contributed by atoms with Crippen LogP contribution in [0.15, 0.2) is 184 Å². The highest BCUT2D eigenvalue weighted by molar-refractivity contribution is 6.09. The Morgan fingerprint density at radius 2 is 0.939 bits per heavy atom. The van der Waals surface area contributed by atoms with E-state index in [0.29, 0.717) is 148 Å². The fourth-order valence-corrected chi connectivity index (χ4v) is 24.7. The Hall–Kier alpha value is -14.1. The molecular formula is C116H125F3N14O15. The number of nitrogens with zero attached hydrogens (tertiary/aromatic N) is 11. The number of benzene rings is 7. The molecule has 23 rings (SSSR count). The van der Waals surface area contributed by atoms with E-state index in [2.05, 4.69) is 111 Å². The molecule has 12 atom stereocenters. The van der Waals surface area contributed by atoms with Crippen LogP contribution in [0.3, 0.4) is 0 Å². The number of allylic oxidation sites excluding steroid dienone is 4. The second-order valence-electron chi connectivity index (χ2n) is 42.1. The normalized spacial score (nSPS) is 22.7. The van der Waals surface area contributed by atoms with Gasteiger partial charge in [-0.1, -0.05) is 94.4 Å². The third-order valence-electron chi connectivity index (χ3n) is 32.5. The summed E-state index contributed by atoms with van der Waals surface area (Å²) in [4.78, 5) is 123. The molecular weight excluding hydrogens is 1890 g/mol. The number of ether oxygens (including phenoxy) is 8. The van der Waals surface area contributed by atoms with Gasteiger partial charge in [0.25, 0.3) is 0 Å². The second-order valence-corrected chi connectivity index (χ2v) is 42.1. The molecule has 0 spiro atoms. The molecule has 1 aliphatic carbocycles. The largest absolute Gasteiger partial charge is 0.493 e. The Kier molecular flexibility index (Phi) is 27.2. The number of methoxy groups -OCH3 is 3. The number of halogens is 3. The Morgan fingerprint density at radius 1 is 0.480 bits per heavy atom. The smallest absolute Gasteiger partial charge is 0.407 e. The van der Waals surface area contributed by atoms with Gasteiger partial charge in [0, 0.05) is 134 Å². The molecule has 3 N–H and O–H groups in total. The average Bonchev–Trinajstić information content (AvgIpc) is 1.56. The van der Waals surface area contributed by atoms with Crippen molar-refractivity contribution < 1.29 is 84.6 Å². The molecule has 29 nitrogen and oxygen atoms in total. The van der Waals surface area contributed by atoms with Gasteiger partial charge in [-0.25, -0.2) is 27.6 Å². The Labute approximate surface area is 857 Å². The highest BCUT2D eigenvalue weighted by atomic mass is 19.1. The minimum atomic E-state index is -2.05. The van der Waals surface area contributed by atoms with Crippen LogP contribution in [0.1, 0.15) is 213 Å². The number of piperidine rings is 1. The Morgan fingerprint density at radius 3 is 1.41 bits per heavy atom. The molecule has 13 aliphatic heterocycles. The van der Waals surface area contributed by atoms with Crippen molar-refractivity contribution in [1.82, 2.24) is 49.6 Å². The first kappa shape index (κ1) is 98.5. The predicted molar refractivity (Wildman–Crippen MR) is 558 cm³/mol. The number of amides is 7. The predicted octanol–water partition coefficient (Wildman–Crippen LogP) is 19.2. The van der Waals surface area contributed by atoms with Crippen LogP contribution in [0.4, 0.5) is 27.6 Å². The van der Waals surface area contributed by atoms with Gasteiger partial charge in [-0.3, -0.25) is 44.0 Å². The number of hydrogen-bond donors (Lipinski definition) is 3. The molecule has 1 saturated carbocycles. The van der Waals surface area contributed by atoms with E-state index in [9.17, 15) is 33.6 Å². The first-order valence-corrected chi connectivity index (χ1v) is 52.5. The molecule has 3 unspecified atom stereocenters. The van der Waals surface area contributed by atoms with Crippen LogP contribution in [-0.4, -0.2) is 233 Å². The number of likely N-dealkylation sites (N-methyl/N-ethyl adjacent to an activating group) is 1. The zero-order chi connectivity index (χ0) is 102. The van der Waals surface area contributed by atoms with Crippen LogP contribution in [0, 0.1) is 29.4 Å². The minimum Gasteiger partial charge on any atom is -0.493 e. The van der Waals surface area contributed by atoms with Crippen molar-refractivity contribution in [2.24, 2.45) is 37.7 Å². The van der Waals surface area contributed by atoms with E-state index in [1.165, 1.54) is 41.2 Å². The zero-order valence-corrected chi connectivity index (χ0v) is 84.9. The maximum absolute atomic E-state index is 17.2. The number of carbonyl (C=O) groups is 7. The molecule has 9 aromatic rings. The first-order chi connectivity index (χ1) is 71.8. The molecule has 2 aromatic heterocycles. The van der Waals surface area contributed by atoms with Crippen molar-refractivity contribution in [3.63, 3.8) is 0 Å². The van der Waals surface area contributed by atoms with Gasteiger partial charge < -0.3 is 82.6 Å². The minimum absolute atomic E-state index is 0.0493. The zero-order valence-electron chi connectivity index (χ0n) is 84.9. The van der Waals surface area contributed by atoms with E-state index in [1.54, 1.807) is 28.3 Å². The first-order valence-electron chi connectivity index (χ1n) is 52.5. The molecule has 148 heavy (non-hydrogen) atoms. The molecule has 32 heteroatoms. The average molecular weight is 2010 g/mol. The van der Waals surface area contributed by atoms with Crippen LogP contribution in [-0.2, 0) is 51.0 Å². The van der Waals surface area contributed by atoms with Gasteiger partial charge in [0.15, 0.2) is 0 Å². The van der Waals surface area contributed by atoms with Crippen molar-refractivity contribution >= 4 is 109 Å². The summed E-state index contributed by atoms with van der Waals surface area (Å²) < 4.78 is 100. The maximum Gasteiger partial charge on any atom is 0.407 e. The number of aromatic nitrogens is 2. The van der Waals surface area contributed by atoms with E-state index in [1.807, 2.05) is 96.4 Å². The molecule has 5 saturated heterocycles. The molecule has 7 amide bonds. The van der Waals surface area contributed by atoms with Crippen molar-refractivity contribution in [3.05, 3.63) is 226 Å². The number of hydrogen-bond acceptors (Lipinski definition) is 20. The van der Waals surface area contributed by atoms with E-state index >= 15 is 13.2 Å². The van der Waals surface area contributed by atoms with Gasteiger partial charge in [-0.2, -0.15) is 0 Å². The third kappa shape index (κ3) is 18.7. The number of alkyl halides is 1. The lowest BCUT2D eigenvalue weighted by Crippen LogP contribution is -2.58. The summed E-state index contributed by atoms with van der Waals surface area (Å²) in [5.41, 5.74) is 17.2. The number of carbonyl (C=O) groups excluding carboxylic acids is 7. The van der Waals surface area contributed by atoms with Crippen LogP contribution >= 0.6 is 0 Å². The summed E-state index contributed by atoms with van der Waals surface area (Å²) in [5.74, 6) is 1.17. The summed E-state index contributed by atoms with van der Waals surface area (Å²) in [6.07, 6.45) is 17.3. The Balaban J connectivity index is 0.000000168. The monoisotopic (exact) mass is 2010 g/mol.